The lowest BCUT2D eigenvalue weighted by atomic mass is 9.96. The molecule has 0 atom stereocenters. The highest BCUT2D eigenvalue weighted by Crippen LogP contribution is 2.32. The molecule has 1 aromatic carbocycles. The fraction of sp³-hybridized carbons (Fsp3) is 0.562. The Morgan fingerprint density at radius 3 is 2.24 bits per heavy atom. The summed E-state index contributed by atoms with van der Waals surface area (Å²) in [4.78, 5) is 12.1. The van der Waals surface area contributed by atoms with Crippen molar-refractivity contribution in [1.82, 2.24) is 0 Å². The molecule has 0 aliphatic carbocycles. The first-order valence-electron chi connectivity index (χ1n) is 7.12. The summed E-state index contributed by atoms with van der Waals surface area (Å²) in [7, 11) is 1.69. The van der Waals surface area contributed by atoms with E-state index in [1.807, 2.05) is 27.7 Å². The van der Waals surface area contributed by atoms with Crippen LogP contribution in [0.25, 0.3) is 0 Å². The predicted molar refractivity (Wildman–Crippen MR) is 92.3 cm³/mol. The highest BCUT2D eigenvalue weighted by Gasteiger charge is 2.14. The highest BCUT2D eigenvalue weighted by atomic mass is 32.2. The summed E-state index contributed by atoms with van der Waals surface area (Å²) >= 11 is 1.63. The number of carbonyl (C=O) groups is 1. The summed E-state index contributed by atoms with van der Waals surface area (Å²) in [5, 5.41) is 3.03. The Morgan fingerprint density at radius 1 is 1.14 bits per heavy atom. The van der Waals surface area contributed by atoms with Crippen molar-refractivity contribution in [3.05, 3.63) is 22.3 Å². The number of rotatable bonds is 7. The third-order valence-electron chi connectivity index (χ3n) is 3.82. The van der Waals surface area contributed by atoms with Crippen LogP contribution in [0, 0.1) is 27.7 Å². The summed E-state index contributed by atoms with van der Waals surface area (Å²) < 4.78 is 4.99. The lowest BCUT2D eigenvalue weighted by Gasteiger charge is -2.18. The van der Waals surface area contributed by atoms with E-state index in [0.717, 1.165) is 52.4 Å². The molecule has 3 N–H and O–H groups in total. The van der Waals surface area contributed by atoms with Crippen molar-refractivity contribution >= 4 is 29.0 Å². The third-order valence-corrected chi connectivity index (χ3v) is 4.86. The van der Waals surface area contributed by atoms with Crippen molar-refractivity contribution < 1.29 is 9.53 Å². The van der Waals surface area contributed by atoms with E-state index in [1.54, 1.807) is 18.9 Å². The molecule has 4 nitrogen and oxygen atoms in total. The van der Waals surface area contributed by atoms with E-state index >= 15 is 0 Å². The van der Waals surface area contributed by atoms with Crippen molar-refractivity contribution in [3.63, 3.8) is 0 Å². The van der Waals surface area contributed by atoms with E-state index in [0.29, 0.717) is 5.75 Å². The Balaban J connectivity index is 2.69. The smallest absolute Gasteiger partial charge is 0.234 e. The Morgan fingerprint density at radius 2 is 1.71 bits per heavy atom. The van der Waals surface area contributed by atoms with Crippen LogP contribution in [0.1, 0.15) is 28.7 Å². The summed E-state index contributed by atoms with van der Waals surface area (Å²) in [6.07, 6.45) is 0.965. The summed E-state index contributed by atoms with van der Waals surface area (Å²) in [6, 6.07) is 0. The Kier molecular flexibility index (Phi) is 7.05. The van der Waals surface area contributed by atoms with Gasteiger partial charge in [-0.25, -0.2) is 0 Å². The quantitative estimate of drug-likeness (QED) is 0.599. The van der Waals surface area contributed by atoms with Crippen LogP contribution < -0.4 is 11.1 Å². The first-order valence-corrected chi connectivity index (χ1v) is 8.28. The Hall–Kier alpha value is -1.20. The maximum absolute atomic E-state index is 12.1. The van der Waals surface area contributed by atoms with Crippen LogP contribution >= 0.6 is 11.8 Å². The van der Waals surface area contributed by atoms with E-state index < -0.39 is 0 Å². The van der Waals surface area contributed by atoms with Crippen molar-refractivity contribution in [2.45, 2.75) is 34.1 Å². The van der Waals surface area contributed by atoms with Gasteiger partial charge in [-0.2, -0.15) is 11.8 Å². The van der Waals surface area contributed by atoms with Gasteiger partial charge >= 0.3 is 0 Å². The number of benzene rings is 1. The molecule has 5 heteroatoms. The van der Waals surface area contributed by atoms with Gasteiger partial charge in [0.1, 0.15) is 0 Å². The fourth-order valence-electron chi connectivity index (χ4n) is 2.17. The second kappa shape index (κ2) is 8.29. The maximum atomic E-state index is 12.1. The van der Waals surface area contributed by atoms with Gasteiger partial charge in [0, 0.05) is 25.1 Å². The molecule has 1 rings (SSSR count). The molecule has 0 aromatic heterocycles. The summed E-state index contributed by atoms with van der Waals surface area (Å²) in [5.41, 5.74) is 12.0. The SMILES string of the molecule is COCCCSCC(=O)Nc1c(C)c(C)c(N)c(C)c1C. The third kappa shape index (κ3) is 4.64. The molecule has 0 heterocycles. The van der Waals surface area contributed by atoms with Crippen LogP contribution in [0.15, 0.2) is 0 Å². The molecule has 0 radical (unpaired) electrons. The molecular weight excluding hydrogens is 284 g/mol. The normalized spacial score (nSPS) is 10.7. The first-order chi connectivity index (χ1) is 9.90. The number of ether oxygens (including phenoxy) is 1. The van der Waals surface area contributed by atoms with Crippen LogP contribution in [0.2, 0.25) is 0 Å². The van der Waals surface area contributed by atoms with Gasteiger partial charge in [0.05, 0.1) is 5.75 Å². The standard InChI is InChI=1S/C16H26N2O2S/c1-10-12(3)16(13(4)11(2)15(10)17)18-14(19)9-21-8-6-7-20-5/h6-9,17H2,1-5H3,(H,18,19). The van der Waals surface area contributed by atoms with Gasteiger partial charge in [-0.3, -0.25) is 4.79 Å². The number of amides is 1. The molecule has 0 saturated carbocycles. The lowest BCUT2D eigenvalue weighted by Crippen LogP contribution is -2.17. The number of carbonyl (C=O) groups excluding carboxylic acids is 1. The molecule has 1 aromatic rings. The molecule has 0 unspecified atom stereocenters. The summed E-state index contributed by atoms with van der Waals surface area (Å²) in [5.74, 6) is 1.43. The molecule has 0 aliphatic rings. The minimum atomic E-state index is 0.0344. The molecule has 1 amide bonds. The van der Waals surface area contributed by atoms with Crippen molar-refractivity contribution in [1.29, 1.82) is 0 Å². The zero-order chi connectivity index (χ0) is 16.0. The van der Waals surface area contributed by atoms with Gasteiger partial charge in [-0.15, -0.1) is 0 Å². The second-order valence-corrected chi connectivity index (χ2v) is 6.34. The average molecular weight is 310 g/mol. The lowest BCUT2D eigenvalue weighted by molar-refractivity contribution is -0.113. The molecule has 0 aliphatic heterocycles. The Bertz CT molecular complexity index is 486. The van der Waals surface area contributed by atoms with Crippen LogP contribution in [0.3, 0.4) is 0 Å². The number of hydrogen-bond acceptors (Lipinski definition) is 4. The van der Waals surface area contributed by atoms with Crippen molar-refractivity contribution in [2.75, 3.05) is 36.3 Å². The highest BCUT2D eigenvalue weighted by molar-refractivity contribution is 7.99. The first kappa shape index (κ1) is 17.9. The molecule has 0 bridgehead atoms. The van der Waals surface area contributed by atoms with E-state index in [9.17, 15) is 4.79 Å². The molecular formula is C16H26N2O2S. The van der Waals surface area contributed by atoms with E-state index in [2.05, 4.69) is 5.32 Å². The largest absolute Gasteiger partial charge is 0.398 e. The maximum Gasteiger partial charge on any atom is 0.234 e. The van der Waals surface area contributed by atoms with Crippen LogP contribution in [-0.4, -0.2) is 31.1 Å². The number of nitrogen functional groups attached to an aromatic ring is 1. The number of methoxy groups -OCH3 is 1. The van der Waals surface area contributed by atoms with Gasteiger partial charge < -0.3 is 15.8 Å². The Labute approximate surface area is 131 Å². The predicted octanol–water partition coefficient (Wildman–Crippen LogP) is 3.21. The minimum absolute atomic E-state index is 0.0344. The molecule has 0 spiro atoms. The molecule has 21 heavy (non-hydrogen) atoms. The number of nitrogens with one attached hydrogen (secondary N) is 1. The van der Waals surface area contributed by atoms with Crippen molar-refractivity contribution in [3.8, 4) is 0 Å². The fourth-order valence-corrected chi connectivity index (χ4v) is 2.90. The number of nitrogens with two attached hydrogens (primary N) is 1. The average Bonchev–Trinajstić information content (AvgIpc) is 2.47. The molecule has 0 fully saturated rings. The zero-order valence-electron chi connectivity index (χ0n) is 13.6. The summed E-state index contributed by atoms with van der Waals surface area (Å²) in [6.45, 7) is 8.72. The minimum Gasteiger partial charge on any atom is -0.398 e. The molecule has 0 saturated heterocycles. The van der Waals surface area contributed by atoms with Crippen LogP contribution in [0.4, 0.5) is 11.4 Å². The topological polar surface area (TPSA) is 64.3 Å². The number of thioether (sulfide) groups is 1. The van der Waals surface area contributed by atoms with Gasteiger partial charge in [-0.05, 0) is 62.1 Å². The van der Waals surface area contributed by atoms with E-state index in [1.165, 1.54) is 0 Å². The molecule has 118 valence electrons. The monoisotopic (exact) mass is 310 g/mol. The van der Waals surface area contributed by atoms with Gasteiger partial charge in [-0.1, -0.05) is 0 Å². The number of anilines is 2. The van der Waals surface area contributed by atoms with E-state index in [4.69, 9.17) is 10.5 Å². The van der Waals surface area contributed by atoms with Crippen LogP contribution in [-0.2, 0) is 9.53 Å². The van der Waals surface area contributed by atoms with Gasteiger partial charge in [0.2, 0.25) is 5.91 Å². The zero-order valence-corrected chi connectivity index (χ0v) is 14.4. The van der Waals surface area contributed by atoms with Gasteiger partial charge in [0.25, 0.3) is 0 Å². The van der Waals surface area contributed by atoms with Crippen LogP contribution in [0.5, 0.6) is 0 Å². The number of hydrogen-bond donors (Lipinski definition) is 2. The van der Waals surface area contributed by atoms with Crippen molar-refractivity contribution in [2.24, 2.45) is 0 Å². The second-order valence-electron chi connectivity index (χ2n) is 5.24. The van der Waals surface area contributed by atoms with Gasteiger partial charge in [0.15, 0.2) is 0 Å². The van der Waals surface area contributed by atoms with E-state index in [-0.39, 0.29) is 5.91 Å².